The number of nitrogens with one attached hydrogen (secondary N) is 1. The van der Waals surface area contributed by atoms with Crippen LogP contribution in [0, 0.1) is 0 Å². The van der Waals surface area contributed by atoms with Crippen molar-refractivity contribution in [1.82, 2.24) is 5.32 Å². The number of carbonyl (C=O) groups excluding carboxylic acids is 2. The molecule has 0 bridgehead atoms. The second-order valence-electron chi connectivity index (χ2n) is 5.58. The number of aliphatic hydroxyl groups is 3. The largest absolute Gasteiger partial charge is 0.493 e. The molecule has 0 aliphatic carbocycles. The van der Waals surface area contributed by atoms with Gasteiger partial charge in [0, 0.05) is 12.5 Å². The van der Waals surface area contributed by atoms with Gasteiger partial charge in [0.2, 0.25) is 12.2 Å². The molecule has 1 aromatic rings. The first kappa shape index (κ1) is 19.1. The zero-order chi connectivity index (χ0) is 18.6. The molecule has 1 amide bonds. The van der Waals surface area contributed by atoms with Gasteiger partial charge in [-0.15, -0.1) is 0 Å². The summed E-state index contributed by atoms with van der Waals surface area (Å²) in [5.41, 5.74) is 0.371. The number of ether oxygens (including phenoxy) is 3. The number of rotatable bonds is 6. The van der Waals surface area contributed by atoms with Crippen LogP contribution in [-0.4, -0.2) is 71.9 Å². The summed E-state index contributed by atoms with van der Waals surface area (Å²) in [6.45, 7) is 0.694. The van der Waals surface area contributed by atoms with E-state index in [0.29, 0.717) is 11.8 Å². The van der Waals surface area contributed by atoms with Crippen molar-refractivity contribution in [3.8, 4) is 11.5 Å². The van der Waals surface area contributed by atoms with Gasteiger partial charge in [-0.3, -0.25) is 9.59 Å². The Kier molecular flexibility index (Phi) is 6.32. The normalized spacial score (nSPS) is 28.9. The molecule has 0 saturated carbocycles. The molecule has 2 rings (SSSR count). The number of hydrogen-bond donors (Lipinski definition) is 4. The molecule has 5 atom stereocenters. The molecule has 25 heavy (non-hydrogen) atoms. The number of methoxy groups -OCH3 is 1. The monoisotopic (exact) mass is 355 g/mol. The van der Waals surface area contributed by atoms with Crippen LogP contribution in [0.2, 0.25) is 0 Å². The molecule has 0 spiro atoms. The van der Waals surface area contributed by atoms with Crippen LogP contribution in [0.25, 0.3) is 0 Å². The van der Waals surface area contributed by atoms with Crippen molar-refractivity contribution in [2.45, 2.75) is 37.6 Å². The van der Waals surface area contributed by atoms with E-state index in [1.165, 1.54) is 32.2 Å². The molecule has 1 aliphatic rings. The van der Waals surface area contributed by atoms with Crippen LogP contribution in [0.5, 0.6) is 11.5 Å². The van der Waals surface area contributed by atoms with E-state index in [-0.39, 0.29) is 11.5 Å². The fourth-order valence-corrected chi connectivity index (χ4v) is 2.55. The van der Waals surface area contributed by atoms with E-state index in [1.807, 2.05) is 0 Å². The molecule has 138 valence electrons. The molecule has 0 radical (unpaired) electrons. The van der Waals surface area contributed by atoms with E-state index < -0.39 is 43.2 Å². The van der Waals surface area contributed by atoms with E-state index in [2.05, 4.69) is 5.32 Å². The van der Waals surface area contributed by atoms with Gasteiger partial charge in [0.05, 0.1) is 13.7 Å². The van der Waals surface area contributed by atoms with Crippen LogP contribution in [0.1, 0.15) is 17.3 Å². The van der Waals surface area contributed by atoms with Gasteiger partial charge < -0.3 is 34.8 Å². The maximum atomic E-state index is 11.4. The van der Waals surface area contributed by atoms with Gasteiger partial charge in [-0.2, -0.15) is 0 Å². The fraction of sp³-hybridized carbons (Fsp3) is 0.500. The van der Waals surface area contributed by atoms with Crippen molar-refractivity contribution in [2.75, 3.05) is 13.7 Å². The van der Waals surface area contributed by atoms with Crippen LogP contribution in [0.15, 0.2) is 18.2 Å². The lowest BCUT2D eigenvalue weighted by Gasteiger charge is -2.42. The first-order valence-corrected chi connectivity index (χ1v) is 7.60. The second kappa shape index (κ2) is 8.26. The van der Waals surface area contributed by atoms with E-state index in [0.717, 1.165) is 0 Å². The Hall–Kier alpha value is -2.20. The molecule has 0 aromatic heterocycles. The van der Waals surface area contributed by atoms with Gasteiger partial charge in [0.1, 0.15) is 30.6 Å². The van der Waals surface area contributed by atoms with Crippen molar-refractivity contribution in [3.63, 3.8) is 0 Å². The van der Waals surface area contributed by atoms with E-state index in [9.17, 15) is 24.9 Å². The maximum Gasteiger partial charge on any atom is 0.223 e. The summed E-state index contributed by atoms with van der Waals surface area (Å²) >= 11 is 0. The number of carbonyl (C=O) groups is 2. The smallest absolute Gasteiger partial charge is 0.223 e. The van der Waals surface area contributed by atoms with Crippen molar-refractivity contribution >= 4 is 12.2 Å². The predicted molar refractivity (Wildman–Crippen MR) is 84.4 cm³/mol. The summed E-state index contributed by atoms with van der Waals surface area (Å²) in [6.07, 6.45) is -4.47. The standard InChI is InChI=1S/C16H21NO8/c1-8(20)17-13-15(22)14(21)12(7-19)25-16(13)24-10-4-3-9(6-18)5-11(10)23-2/h3-6,12-16,19,21-22H,7H2,1-2H3,(H,17,20)/t12-,13+,14-,15-,16+/m1/s1. The minimum atomic E-state index is -1.42. The Balaban J connectivity index is 2.29. The maximum absolute atomic E-state index is 11.4. The third-order valence-electron chi connectivity index (χ3n) is 3.82. The molecule has 0 unspecified atom stereocenters. The molecule has 9 heteroatoms. The molecular weight excluding hydrogens is 334 g/mol. The first-order valence-electron chi connectivity index (χ1n) is 7.60. The lowest BCUT2D eigenvalue weighted by atomic mass is 9.97. The Morgan fingerprint density at radius 2 is 2.04 bits per heavy atom. The van der Waals surface area contributed by atoms with Crippen LogP contribution in [0.4, 0.5) is 0 Å². The quantitative estimate of drug-likeness (QED) is 0.469. The summed E-state index contributed by atoms with van der Waals surface area (Å²) in [5, 5.41) is 32.0. The van der Waals surface area contributed by atoms with Gasteiger partial charge >= 0.3 is 0 Å². The third-order valence-corrected chi connectivity index (χ3v) is 3.82. The molecular formula is C16H21NO8. The van der Waals surface area contributed by atoms with Crippen LogP contribution < -0.4 is 14.8 Å². The van der Waals surface area contributed by atoms with Gasteiger partial charge in [-0.1, -0.05) is 0 Å². The Labute approximate surface area is 144 Å². The van der Waals surface area contributed by atoms with E-state index in [1.54, 1.807) is 0 Å². The summed E-state index contributed by atoms with van der Waals surface area (Å²) in [4.78, 5) is 22.2. The van der Waals surface area contributed by atoms with Gasteiger partial charge in [0.25, 0.3) is 0 Å². The fourth-order valence-electron chi connectivity index (χ4n) is 2.55. The highest BCUT2D eigenvalue weighted by molar-refractivity contribution is 5.76. The van der Waals surface area contributed by atoms with Crippen molar-refractivity contribution in [3.05, 3.63) is 23.8 Å². The van der Waals surface area contributed by atoms with Gasteiger partial charge in [-0.25, -0.2) is 0 Å². The molecule has 1 fully saturated rings. The number of aliphatic hydroxyl groups excluding tert-OH is 3. The number of aldehydes is 1. The Morgan fingerprint density at radius 1 is 1.32 bits per heavy atom. The Bertz CT molecular complexity index is 622. The first-order chi connectivity index (χ1) is 11.9. The zero-order valence-corrected chi connectivity index (χ0v) is 13.8. The molecule has 9 nitrogen and oxygen atoms in total. The van der Waals surface area contributed by atoms with Crippen molar-refractivity contribution in [2.24, 2.45) is 0 Å². The highest BCUT2D eigenvalue weighted by Crippen LogP contribution is 2.31. The average molecular weight is 355 g/mol. The minimum absolute atomic E-state index is 0.203. The second-order valence-corrected chi connectivity index (χ2v) is 5.58. The zero-order valence-electron chi connectivity index (χ0n) is 13.8. The van der Waals surface area contributed by atoms with Crippen LogP contribution in [0.3, 0.4) is 0 Å². The topological polar surface area (TPSA) is 135 Å². The lowest BCUT2D eigenvalue weighted by molar-refractivity contribution is -0.244. The predicted octanol–water partition coefficient (Wildman–Crippen LogP) is -1.17. The SMILES string of the molecule is COc1cc(C=O)ccc1O[C@H]1O[C@H](CO)[C@@H](O)[C@H](O)[C@@H]1NC(C)=O. The summed E-state index contributed by atoms with van der Waals surface area (Å²) in [7, 11) is 1.39. The van der Waals surface area contributed by atoms with Crippen LogP contribution in [-0.2, 0) is 9.53 Å². The minimum Gasteiger partial charge on any atom is -0.493 e. The highest BCUT2D eigenvalue weighted by atomic mass is 16.7. The summed E-state index contributed by atoms with van der Waals surface area (Å²) in [6, 6.07) is 3.34. The molecule has 1 saturated heterocycles. The average Bonchev–Trinajstić information content (AvgIpc) is 2.61. The molecule has 1 aromatic carbocycles. The van der Waals surface area contributed by atoms with E-state index >= 15 is 0 Å². The molecule has 1 aliphatic heterocycles. The number of benzene rings is 1. The van der Waals surface area contributed by atoms with Crippen molar-refractivity contribution < 1.29 is 39.1 Å². The molecule has 4 N–H and O–H groups in total. The number of hydrogen-bond acceptors (Lipinski definition) is 8. The number of amides is 1. The van der Waals surface area contributed by atoms with E-state index in [4.69, 9.17) is 14.2 Å². The highest BCUT2D eigenvalue weighted by Gasteiger charge is 2.46. The van der Waals surface area contributed by atoms with Gasteiger partial charge in [0.15, 0.2) is 11.5 Å². The summed E-state index contributed by atoms with van der Waals surface area (Å²) < 4.78 is 16.3. The van der Waals surface area contributed by atoms with Crippen molar-refractivity contribution in [1.29, 1.82) is 0 Å². The Morgan fingerprint density at radius 3 is 2.60 bits per heavy atom. The van der Waals surface area contributed by atoms with Crippen LogP contribution >= 0.6 is 0 Å². The van der Waals surface area contributed by atoms with Gasteiger partial charge in [-0.05, 0) is 18.2 Å². The third kappa shape index (κ3) is 4.26. The molecule has 1 heterocycles. The lowest BCUT2D eigenvalue weighted by Crippen LogP contribution is -2.65. The summed E-state index contributed by atoms with van der Waals surface area (Å²) in [5.74, 6) is -0.0103.